The number of nitrogens with zero attached hydrogens (tertiary/aromatic N) is 1. The summed E-state index contributed by atoms with van der Waals surface area (Å²) in [4.78, 5) is 14.7. The Morgan fingerprint density at radius 2 is 1.74 bits per heavy atom. The van der Waals surface area contributed by atoms with E-state index >= 15 is 0 Å². The van der Waals surface area contributed by atoms with Gasteiger partial charge in [0.25, 0.3) is 0 Å². The molecule has 19 heavy (non-hydrogen) atoms. The van der Waals surface area contributed by atoms with Gasteiger partial charge < -0.3 is 10.6 Å². The number of hydrogen-bond donors (Lipinski definition) is 1. The molecule has 2 fully saturated rings. The largest absolute Gasteiger partial charge is 0.341 e. The third-order valence-electron chi connectivity index (χ3n) is 5.16. The van der Waals surface area contributed by atoms with Crippen LogP contribution in [0, 0.1) is 11.3 Å². The zero-order valence-corrected chi connectivity index (χ0v) is 12.9. The van der Waals surface area contributed by atoms with E-state index < -0.39 is 5.54 Å². The maximum absolute atomic E-state index is 12.6. The van der Waals surface area contributed by atoms with E-state index in [1.165, 1.54) is 6.42 Å². The Morgan fingerprint density at radius 1 is 1.11 bits per heavy atom. The number of rotatable bonds is 1. The van der Waals surface area contributed by atoms with E-state index in [9.17, 15) is 4.79 Å². The normalized spacial score (nSPS) is 28.2. The van der Waals surface area contributed by atoms with E-state index in [0.29, 0.717) is 5.41 Å². The molecule has 1 saturated heterocycles. The lowest BCUT2D eigenvalue weighted by atomic mass is 9.77. The van der Waals surface area contributed by atoms with Crippen molar-refractivity contribution < 1.29 is 4.79 Å². The fourth-order valence-electron chi connectivity index (χ4n) is 3.70. The minimum atomic E-state index is -0.540. The minimum Gasteiger partial charge on any atom is -0.341 e. The molecule has 3 nitrogen and oxygen atoms in total. The predicted molar refractivity (Wildman–Crippen MR) is 78.8 cm³/mol. The molecule has 110 valence electrons. The Labute approximate surface area is 117 Å². The first kappa shape index (κ1) is 14.8. The van der Waals surface area contributed by atoms with Gasteiger partial charge in [0.05, 0.1) is 5.54 Å². The topological polar surface area (TPSA) is 46.3 Å². The van der Waals surface area contributed by atoms with Crippen molar-refractivity contribution in [2.45, 2.75) is 71.3 Å². The Hall–Kier alpha value is -0.570. The van der Waals surface area contributed by atoms with Gasteiger partial charge in [-0.05, 0) is 43.4 Å². The van der Waals surface area contributed by atoms with Gasteiger partial charge in [-0.25, -0.2) is 0 Å². The summed E-state index contributed by atoms with van der Waals surface area (Å²) in [6.07, 6.45) is 7.48. The van der Waals surface area contributed by atoms with Crippen LogP contribution in [-0.4, -0.2) is 29.4 Å². The summed E-state index contributed by atoms with van der Waals surface area (Å²) in [5.41, 5.74) is 6.13. The van der Waals surface area contributed by atoms with Gasteiger partial charge >= 0.3 is 0 Å². The molecule has 1 aliphatic carbocycles. The first-order chi connectivity index (χ1) is 8.83. The van der Waals surface area contributed by atoms with Crippen molar-refractivity contribution in [2.24, 2.45) is 17.1 Å². The fourth-order valence-corrected chi connectivity index (χ4v) is 3.70. The molecule has 0 radical (unpaired) electrons. The molecule has 1 unspecified atom stereocenters. The van der Waals surface area contributed by atoms with Crippen molar-refractivity contribution in [3.05, 3.63) is 0 Å². The second-order valence-corrected chi connectivity index (χ2v) is 7.65. The molecule has 0 aromatic carbocycles. The number of likely N-dealkylation sites (tertiary alicyclic amines) is 1. The number of nitrogens with two attached hydrogens (primary N) is 1. The highest BCUT2D eigenvalue weighted by molar-refractivity contribution is 5.86. The molecular weight excluding hydrogens is 236 g/mol. The third-order valence-corrected chi connectivity index (χ3v) is 5.16. The van der Waals surface area contributed by atoms with Crippen molar-refractivity contribution in [1.82, 2.24) is 4.90 Å². The molecule has 2 aliphatic rings. The first-order valence-electron chi connectivity index (χ1n) is 7.91. The number of carbonyl (C=O) groups is 1. The van der Waals surface area contributed by atoms with Crippen molar-refractivity contribution in [1.29, 1.82) is 0 Å². The molecular formula is C16H30N2O. The highest BCUT2D eigenvalue weighted by Crippen LogP contribution is 2.35. The SMILES string of the molecule is CC(C)(C)C1CCCN(C(=O)C2(N)CCCC2)CC1. The van der Waals surface area contributed by atoms with Crippen LogP contribution in [0.3, 0.4) is 0 Å². The van der Waals surface area contributed by atoms with E-state index in [-0.39, 0.29) is 5.91 Å². The van der Waals surface area contributed by atoms with Gasteiger partial charge in [0.1, 0.15) is 0 Å². The first-order valence-corrected chi connectivity index (χ1v) is 7.91. The zero-order valence-electron chi connectivity index (χ0n) is 12.9. The monoisotopic (exact) mass is 266 g/mol. The molecule has 3 heteroatoms. The van der Waals surface area contributed by atoms with Crippen molar-refractivity contribution >= 4 is 5.91 Å². The van der Waals surface area contributed by atoms with Crippen LogP contribution < -0.4 is 5.73 Å². The van der Waals surface area contributed by atoms with E-state index in [0.717, 1.165) is 57.5 Å². The molecule has 1 atom stereocenters. The number of hydrogen-bond acceptors (Lipinski definition) is 2. The highest BCUT2D eigenvalue weighted by Gasteiger charge is 2.40. The number of amides is 1. The molecule has 2 rings (SSSR count). The Balaban J connectivity index is 1.97. The van der Waals surface area contributed by atoms with Crippen LogP contribution in [0.1, 0.15) is 65.7 Å². The summed E-state index contributed by atoms with van der Waals surface area (Å²) in [5.74, 6) is 0.946. The van der Waals surface area contributed by atoms with Gasteiger partial charge in [-0.3, -0.25) is 4.79 Å². The molecule has 0 aromatic rings. The summed E-state index contributed by atoms with van der Waals surface area (Å²) in [6, 6.07) is 0. The van der Waals surface area contributed by atoms with E-state index in [2.05, 4.69) is 25.7 Å². The van der Waals surface area contributed by atoms with Gasteiger partial charge in [0, 0.05) is 13.1 Å². The molecule has 0 spiro atoms. The van der Waals surface area contributed by atoms with Gasteiger partial charge in [0.15, 0.2) is 0 Å². The molecule has 1 amide bonds. The maximum Gasteiger partial charge on any atom is 0.242 e. The Morgan fingerprint density at radius 3 is 2.32 bits per heavy atom. The number of carbonyl (C=O) groups excluding carboxylic acids is 1. The predicted octanol–water partition coefficient (Wildman–Crippen LogP) is 2.93. The molecule has 1 aliphatic heterocycles. The maximum atomic E-state index is 12.6. The summed E-state index contributed by atoms with van der Waals surface area (Å²) in [5, 5.41) is 0. The second kappa shape index (κ2) is 5.43. The van der Waals surface area contributed by atoms with E-state index in [4.69, 9.17) is 5.73 Å². The average molecular weight is 266 g/mol. The zero-order chi connectivity index (χ0) is 14.1. The van der Waals surface area contributed by atoms with Crippen molar-refractivity contribution in [3.8, 4) is 0 Å². The van der Waals surface area contributed by atoms with Gasteiger partial charge in [-0.2, -0.15) is 0 Å². The van der Waals surface area contributed by atoms with E-state index in [1.807, 2.05) is 0 Å². The van der Waals surface area contributed by atoms with Crippen molar-refractivity contribution in [3.63, 3.8) is 0 Å². The molecule has 0 aromatic heterocycles. The second-order valence-electron chi connectivity index (χ2n) is 7.65. The van der Waals surface area contributed by atoms with Crippen LogP contribution in [0.25, 0.3) is 0 Å². The average Bonchev–Trinajstić information content (AvgIpc) is 2.64. The van der Waals surface area contributed by atoms with Crippen LogP contribution in [0.5, 0.6) is 0 Å². The molecule has 0 bridgehead atoms. The summed E-state index contributed by atoms with van der Waals surface area (Å²) in [7, 11) is 0. The summed E-state index contributed by atoms with van der Waals surface area (Å²) in [6.45, 7) is 8.76. The van der Waals surface area contributed by atoms with Crippen LogP contribution in [0.2, 0.25) is 0 Å². The smallest absolute Gasteiger partial charge is 0.242 e. The standard InChI is InChI=1S/C16H30N2O/c1-15(2,3)13-7-6-11-18(12-8-13)14(19)16(17)9-4-5-10-16/h13H,4-12,17H2,1-3H3. The molecule has 1 saturated carbocycles. The van der Waals surface area contributed by atoms with Crippen LogP contribution >= 0.6 is 0 Å². The van der Waals surface area contributed by atoms with Gasteiger partial charge in [0.2, 0.25) is 5.91 Å². The van der Waals surface area contributed by atoms with E-state index in [1.54, 1.807) is 0 Å². The van der Waals surface area contributed by atoms with Gasteiger partial charge in [-0.1, -0.05) is 33.6 Å². The molecule has 2 N–H and O–H groups in total. The highest BCUT2D eigenvalue weighted by atomic mass is 16.2. The Bertz CT molecular complexity index is 326. The van der Waals surface area contributed by atoms with Crippen LogP contribution in [0.4, 0.5) is 0 Å². The lowest BCUT2D eigenvalue weighted by molar-refractivity contribution is -0.136. The summed E-state index contributed by atoms with van der Waals surface area (Å²) < 4.78 is 0. The van der Waals surface area contributed by atoms with Crippen molar-refractivity contribution in [2.75, 3.05) is 13.1 Å². The fraction of sp³-hybridized carbons (Fsp3) is 0.938. The Kier molecular flexibility index (Phi) is 4.24. The minimum absolute atomic E-state index is 0.222. The van der Waals surface area contributed by atoms with Gasteiger partial charge in [-0.15, -0.1) is 0 Å². The van der Waals surface area contributed by atoms with Crippen LogP contribution in [0.15, 0.2) is 0 Å². The van der Waals surface area contributed by atoms with Crippen LogP contribution in [-0.2, 0) is 4.79 Å². The summed E-state index contributed by atoms with van der Waals surface area (Å²) >= 11 is 0. The lowest BCUT2D eigenvalue weighted by Gasteiger charge is -2.32. The quantitative estimate of drug-likeness (QED) is 0.793. The third kappa shape index (κ3) is 3.31. The lowest BCUT2D eigenvalue weighted by Crippen LogP contribution is -2.53. The molecule has 1 heterocycles.